The van der Waals surface area contributed by atoms with Crippen molar-refractivity contribution in [2.24, 2.45) is 0 Å². The molecule has 69 heavy (non-hydrogen) atoms. The van der Waals surface area contributed by atoms with E-state index >= 15 is 0 Å². The fourth-order valence-corrected chi connectivity index (χ4v) is 7.34. The third-order valence-corrected chi connectivity index (χ3v) is 11.4. The minimum atomic E-state index is -0.801. The van der Waals surface area contributed by atoms with Crippen LogP contribution in [-0.2, 0) is 28.6 Å². The molecule has 390 valence electrons. The Morgan fingerprint density at radius 3 is 0.812 bits per heavy atom. The minimum absolute atomic E-state index is 0.0985. The zero-order valence-corrected chi connectivity index (χ0v) is 44.5. The van der Waals surface area contributed by atoms with E-state index in [0.29, 0.717) is 19.3 Å². The van der Waals surface area contributed by atoms with Crippen LogP contribution in [0.2, 0.25) is 0 Å². The van der Waals surface area contributed by atoms with Gasteiger partial charge in [-0.2, -0.15) is 0 Å². The maximum atomic E-state index is 12.9. The van der Waals surface area contributed by atoms with E-state index < -0.39 is 6.10 Å². The molecule has 0 bridgehead atoms. The third-order valence-electron chi connectivity index (χ3n) is 11.4. The highest BCUT2D eigenvalue weighted by Gasteiger charge is 2.19. The van der Waals surface area contributed by atoms with Crippen LogP contribution in [0.1, 0.15) is 239 Å². The summed E-state index contributed by atoms with van der Waals surface area (Å²) in [6, 6.07) is 0. The summed E-state index contributed by atoms with van der Waals surface area (Å²) in [7, 11) is 0. The van der Waals surface area contributed by atoms with Crippen LogP contribution in [0, 0.1) is 0 Å². The zero-order chi connectivity index (χ0) is 50.0. The number of rotatable bonds is 49. The van der Waals surface area contributed by atoms with Gasteiger partial charge in [0.25, 0.3) is 0 Å². The molecule has 0 N–H and O–H groups in total. The van der Waals surface area contributed by atoms with E-state index in [1.807, 2.05) is 0 Å². The Hall–Kier alpha value is -4.19. The van der Waals surface area contributed by atoms with Crippen molar-refractivity contribution in [2.75, 3.05) is 13.2 Å². The lowest BCUT2D eigenvalue weighted by Crippen LogP contribution is -2.30. The van der Waals surface area contributed by atoms with E-state index in [0.717, 1.165) is 161 Å². The molecular weight excluding hydrogens is 853 g/mol. The van der Waals surface area contributed by atoms with Crippen LogP contribution in [0.3, 0.4) is 0 Å². The lowest BCUT2D eigenvalue weighted by atomic mass is 10.1. The molecule has 0 spiro atoms. The topological polar surface area (TPSA) is 78.9 Å². The van der Waals surface area contributed by atoms with Gasteiger partial charge in [0.1, 0.15) is 13.2 Å². The molecule has 0 saturated carbocycles. The van der Waals surface area contributed by atoms with Crippen molar-refractivity contribution >= 4 is 17.9 Å². The summed E-state index contributed by atoms with van der Waals surface area (Å²) in [4.78, 5) is 38.2. The highest BCUT2D eigenvalue weighted by atomic mass is 16.6. The van der Waals surface area contributed by atoms with Crippen LogP contribution in [0.5, 0.6) is 0 Å². The lowest BCUT2D eigenvalue weighted by Gasteiger charge is -2.18. The standard InChI is InChI=1S/C63H102O6/c1-4-7-10-13-16-19-22-25-28-30-31-33-35-38-41-44-47-50-53-56-62(65)68-59-60(58-67-61(64)55-52-49-46-43-40-37-34-27-24-21-18-15-12-9-6-3)69-63(66)57-54-51-48-45-42-39-36-32-29-26-23-20-17-14-11-8-5-2/h7-12,16-21,25-29,31,33-34,60H,4-6,13-15,22-24,30,32,35-59H2,1-3H3/b10-7-,11-8-,12-9-,19-16-,20-17-,21-18-,28-25-,29-26-,33-31-,34-27-. The molecule has 0 aromatic carbocycles. The van der Waals surface area contributed by atoms with Crippen LogP contribution in [0.25, 0.3) is 0 Å². The van der Waals surface area contributed by atoms with Crippen molar-refractivity contribution < 1.29 is 28.6 Å². The smallest absolute Gasteiger partial charge is 0.306 e. The summed E-state index contributed by atoms with van der Waals surface area (Å²) in [6.07, 6.45) is 77.5. The van der Waals surface area contributed by atoms with Crippen molar-refractivity contribution in [1.82, 2.24) is 0 Å². The Labute approximate surface area is 424 Å². The first kappa shape index (κ1) is 64.8. The fraction of sp³-hybridized carbons (Fsp3) is 0.635. The van der Waals surface area contributed by atoms with E-state index in [2.05, 4.69) is 142 Å². The van der Waals surface area contributed by atoms with Gasteiger partial charge in [-0.1, -0.05) is 219 Å². The Bertz CT molecular complexity index is 1470. The molecular formula is C63H102O6. The van der Waals surface area contributed by atoms with Crippen LogP contribution >= 0.6 is 0 Å². The summed E-state index contributed by atoms with van der Waals surface area (Å²) < 4.78 is 16.8. The molecule has 0 fully saturated rings. The first-order chi connectivity index (χ1) is 34.0. The zero-order valence-electron chi connectivity index (χ0n) is 44.5. The second-order valence-electron chi connectivity index (χ2n) is 18.0. The highest BCUT2D eigenvalue weighted by Crippen LogP contribution is 2.14. The normalized spacial score (nSPS) is 13.0. The van der Waals surface area contributed by atoms with Gasteiger partial charge < -0.3 is 14.2 Å². The molecule has 1 unspecified atom stereocenters. The monoisotopic (exact) mass is 955 g/mol. The van der Waals surface area contributed by atoms with E-state index in [-0.39, 0.29) is 31.1 Å². The molecule has 6 heteroatoms. The van der Waals surface area contributed by atoms with E-state index in [4.69, 9.17) is 14.2 Å². The molecule has 0 radical (unpaired) electrons. The number of allylic oxidation sites excluding steroid dienone is 20. The van der Waals surface area contributed by atoms with Crippen molar-refractivity contribution in [1.29, 1.82) is 0 Å². The van der Waals surface area contributed by atoms with Crippen molar-refractivity contribution in [3.05, 3.63) is 122 Å². The molecule has 0 saturated heterocycles. The molecule has 0 rings (SSSR count). The number of carbonyl (C=O) groups is 3. The van der Waals surface area contributed by atoms with E-state index in [9.17, 15) is 14.4 Å². The van der Waals surface area contributed by atoms with Crippen LogP contribution in [0.15, 0.2) is 122 Å². The number of hydrogen-bond donors (Lipinski definition) is 0. The highest BCUT2D eigenvalue weighted by molar-refractivity contribution is 5.71. The average Bonchev–Trinajstić information content (AvgIpc) is 3.35. The predicted molar refractivity (Wildman–Crippen MR) is 297 cm³/mol. The SMILES string of the molecule is CC/C=C\C/C=C\C/C=C\C/C=C\CCCCCCCCC(=O)OCC(COC(=O)CCCCCCC/C=C\C/C=C\C/C=C\CC)OC(=O)CCCCCCCCC/C=C\C/C=C\C/C=C\CC. The van der Waals surface area contributed by atoms with Crippen LogP contribution in [-0.4, -0.2) is 37.2 Å². The number of hydrogen-bond acceptors (Lipinski definition) is 6. The largest absolute Gasteiger partial charge is 0.462 e. The van der Waals surface area contributed by atoms with Gasteiger partial charge in [0, 0.05) is 19.3 Å². The van der Waals surface area contributed by atoms with Gasteiger partial charge in [0.15, 0.2) is 6.10 Å². The van der Waals surface area contributed by atoms with Gasteiger partial charge in [-0.15, -0.1) is 0 Å². The first-order valence-electron chi connectivity index (χ1n) is 28.0. The Balaban J connectivity index is 4.47. The number of esters is 3. The van der Waals surface area contributed by atoms with Crippen molar-refractivity contribution in [3.63, 3.8) is 0 Å². The predicted octanol–water partition coefficient (Wildman–Crippen LogP) is 18.9. The van der Waals surface area contributed by atoms with E-state index in [1.54, 1.807) is 0 Å². The number of carbonyl (C=O) groups excluding carboxylic acids is 3. The molecule has 6 nitrogen and oxygen atoms in total. The van der Waals surface area contributed by atoms with E-state index in [1.165, 1.54) is 38.5 Å². The van der Waals surface area contributed by atoms with Gasteiger partial charge >= 0.3 is 17.9 Å². The van der Waals surface area contributed by atoms with Gasteiger partial charge in [-0.25, -0.2) is 0 Å². The first-order valence-corrected chi connectivity index (χ1v) is 28.0. The van der Waals surface area contributed by atoms with Gasteiger partial charge in [-0.3, -0.25) is 14.4 Å². The van der Waals surface area contributed by atoms with Gasteiger partial charge in [-0.05, 0) is 122 Å². The minimum Gasteiger partial charge on any atom is -0.462 e. The number of unbranched alkanes of at least 4 members (excludes halogenated alkanes) is 18. The second kappa shape index (κ2) is 56.4. The number of ether oxygens (including phenoxy) is 3. The summed E-state index contributed by atoms with van der Waals surface area (Å²) in [5.74, 6) is -0.941. The van der Waals surface area contributed by atoms with Gasteiger partial charge in [0.05, 0.1) is 0 Å². The molecule has 0 aliphatic rings. The van der Waals surface area contributed by atoms with Crippen molar-refractivity contribution in [3.8, 4) is 0 Å². The Kier molecular flexibility index (Phi) is 53.0. The van der Waals surface area contributed by atoms with Gasteiger partial charge in [0.2, 0.25) is 0 Å². The Morgan fingerprint density at radius 2 is 0.522 bits per heavy atom. The quantitative estimate of drug-likeness (QED) is 0.0262. The molecule has 0 aliphatic heterocycles. The maximum Gasteiger partial charge on any atom is 0.306 e. The second-order valence-corrected chi connectivity index (χ2v) is 18.0. The third kappa shape index (κ3) is 54.6. The molecule has 0 heterocycles. The molecule has 0 aliphatic carbocycles. The maximum absolute atomic E-state index is 12.9. The summed E-state index contributed by atoms with van der Waals surface area (Å²) in [5.41, 5.74) is 0. The fourth-order valence-electron chi connectivity index (χ4n) is 7.34. The average molecular weight is 956 g/mol. The lowest BCUT2D eigenvalue weighted by molar-refractivity contribution is -0.167. The van der Waals surface area contributed by atoms with Crippen LogP contribution in [0.4, 0.5) is 0 Å². The summed E-state index contributed by atoms with van der Waals surface area (Å²) in [6.45, 7) is 6.27. The summed E-state index contributed by atoms with van der Waals surface area (Å²) in [5, 5.41) is 0. The molecule has 1 atom stereocenters. The molecule has 0 aromatic rings. The van der Waals surface area contributed by atoms with Crippen LogP contribution < -0.4 is 0 Å². The Morgan fingerprint density at radius 1 is 0.290 bits per heavy atom. The van der Waals surface area contributed by atoms with Crippen molar-refractivity contribution in [2.45, 2.75) is 245 Å². The molecule has 0 amide bonds. The molecule has 0 aromatic heterocycles. The summed E-state index contributed by atoms with van der Waals surface area (Å²) >= 11 is 0.